The molecular weight excluding hydrogens is 226 g/mol. The van der Waals surface area contributed by atoms with Crippen LogP contribution in [0.25, 0.3) is 0 Å². The minimum atomic E-state index is -0.00907. The molecule has 2 rings (SSSR count). The lowest BCUT2D eigenvalue weighted by atomic mass is 9.90. The highest BCUT2D eigenvalue weighted by Crippen LogP contribution is 2.27. The van der Waals surface area contributed by atoms with Gasteiger partial charge in [0.1, 0.15) is 0 Å². The molecule has 0 bridgehead atoms. The van der Waals surface area contributed by atoms with Gasteiger partial charge < -0.3 is 10.1 Å². The Labute approximate surface area is 111 Å². The molecule has 2 atom stereocenters. The molecule has 3 heteroatoms. The van der Waals surface area contributed by atoms with Crippen LogP contribution in [0.5, 0.6) is 0 Å². The van der Waals surface area contributed by atoms with Crippen molar-refractivity contribution in [1.29, 1.82) is 0 Å². The minimum Gasteiger partial charge on any atom is -0.469 e. The van der Waals surface area contributed by atoms with Gasteiger partial charge in [0.25, 0.3) is 0 Å². The fraction of sp³-hybridized carbons (Fsp3) is 0.933. The van der Waals surface area contributed by atoms with Crippen LogP contribution >= 0.6 is 0 Å². The van der Waals surface area contributed by atoms with E-state index in [1.165, 1.54) is 58.5 Å². The second kappa shape index (κ2) is 7.13. The number of carbonyl (C=O) groups excluding carboxylic acids is 1. The lowest BCUT2D eigenvalue weighted by molar-refractivity contribution is -0.146. The second-order valence-electron chi connectivity index (χ2n) is 5.88. The van der Waals surface area contributed by atoms with Gasteiger partial charge in [0.05, 0.1) is 13.0 Å². The van der Waals surface area contributed by atoms with Gasteiger partial charge in [-0.15, -0.1) is 0 Å². The monoisotopic (exact) mass is 253 g/mol. The Morgan fingerprint density at radius 2 is 1.56 bits per heavy atom. The fourth-order valence-corrected chi connectivity index (χ4v) is 3.51. The summed E-state index contributed by atoms with van der Waals surface area (Å²) in [6, 6.07) is 0.983. The predicted octanol–water partition coefficient (Wildman–Crippen LogP) is 3.03. The molecule has 0 aromatic carbocycles. The maximum Gasteiger partial charge on any atom is 0.310 e. The Kier molecular flexibility index (Phi) is 5.48. The van der Waals surface area contributed by atoms with Crippen molar-refractivity contribution in [1.82, 2.24) is 5.32 Å². The van der Waals surface area contributed by atoms with Crippen molar-refractivity contribution in [2.75, 3.05) is 7.11 Å². The Hall–Kier alpha value is -0.570. The van der Waals surface area contributed by atoms with Crippen molar-refractivity contribution in [3.05, 3.63) is 0 Å². The van der Waals surface area contributed by atoms with Gasteiger partial charge in [-0.25, -0.2) is 0 Å². The molecule has 0 aromatic heterocycles. The summed E-state index contributed by atoms with van der Waals surface area (Å²) in [7, 11) is 1.52. The van der Waals surface area contributed by atoms with Gasteiger partial charge in [0.15, 0.2) is 0 Å². The van der Waals surface area contributed by atoms with Crippen LogP contribution < -0.4 is 5.32 Å². The maximum absolute atomic E-state index is 11.9. The molecule has 0 spiro atoms. The van der Waals surface area contributed by atoms with Crippen molar-refractivity contribution in [2.24, 2.45) is 5.92 Å². The summed E-state index contributed by atoms with van der Waals surface area (Å²) in [5.41, 5.74) is 0. The van der Waals surface area contributed by atoms with E-state index in [0.29, 0.717) is 12.1 Å². The third kappa shape index (κ3) is 3.71. The molecular formula is C15H27NO2. The molecule has 104 valence electrons. The molecule has 1 N–H and O–H groups in total. The molecule has 0 heterocycles. The van der Waals surface area contributed by atoms with Gasteiger partial charge >= 0.3 is 5.97 Å². The lowest BCUT2D eigenvalue weighted by Gasteiger charge is -2.31. The van der Waals surface area contributed by atoms with E-state index in [-0.39, 0.29) is 11.9 Å². The Morgan fingerprint density at radius 3 is 2.22 bits per heavy atom. The molecule has 0 radical (unpaired) electrons. The molecule has 0 aliphatic heterocycles. The van der Waals surface area contributed by atoms with Crippen molar-refractivity contribution in [3.63, 3.8) is 0 Å². The average molecular weight is 253 g/mol. The van der Waals surface area contributed by atoms with Gasteiger partial charge in [-0.3, -0.25) is 4.79 Å². The van der Waals surface area contributed by atoms with Gasteiger partial charge in [-0.1, -0.05) is 38.5 Å². The average Bonchev–Trinajstić information content (AvgIpc) is 2.64. The summed E-state index contributed by atoms with van der Waals surface area (Å²) in [5.74, 6) is 0.0737. The number of hydrogen-bond donors (Lipinski definition) is 1. The molecule has 0 amide bonds. The van der Waals surface area contributed by atoms with E-state index < -0.39 is 0 Å². The summed E-state index contributed by atoms with van der Waals surface area (Å²) in [5, 5.41) is 3.76. The van der Waals surface area contributed by atoms with Crippen molar-refractivity contribution in [3.8, 4) is 0 Å². The number of ether oxygens (including phenoxy) is 1. The highest BCUT2D eigenvalue weighted by atomic mass is 16.5. The molecule has 2 saturated carbocycles. The summed E-state index contributed by atoms with van der Waals surface area (Å²) in [6.45, 7) is 0. The first-order valence-corrected chi connectivity index (χ1v) is 7.65. The molecule has 2 aliphatic rings. The summed E-state index contributed by atoms with van der Waals surface area (Å²) >= 11 is 0. The number of carbonyl (C=O) groups is 1. The third-order valence-corrected chi connectivity index (χ3v) is 4.57. The van der Waals surface area contributed by atoms with Crippen LogP contribution in [0.1, 0.15) is 64.2 Å². The van der Waals surface area contributed by atoms with Crippen LogP contribution in [-0.4, -0.2) is 25.2 Å². The lowest BCUT2D eigenvalue weighted by Crippen LogP contribution is -2.45. The molecule has 18 heavy (non-hydrogen) atoms. The summed E-state index contributed by atoms with van der Waals surface area (Å²) < 4.78 is 4.99. The first-order valence-electron chi connectivity index (χ1n) is 7.65. The Morgan fingerprint density at radius 1 is 0.944 bits per heavy atom. The molecule has 0 unspecified atom stereocenters. The molecule has 0 aromatic rings. The highest BCUT2D eigenvalue weighted by Gasteiger charge is 2.31. The van der Waals surface area contributed by atoms with Crippen LogP contribution in [0.3, 0.4) is 0 Å². The van der Waals surface area contributed by atoms with Crippen LogP contribution in [0.2, 0.25) is 0 Å². The Balaban J connectivity index is 1.93. The van der Waals surface area contributed by atoms with Crippen LogP contribution in [0.4, 0.5) is 0 Å². The fourth-order valence-electron chi connectivity index (χ4n) is 3.51. The SMILES string of the molecule is COC(=O)[C@H]1CCCCC[C@H]1NC1CCCCC1. The van der Waals surface area contributed by atoms with E-state index in [4.69, 9.17) is 4.74 Å². The predicted molar refractivity (Wildman–Crippen MR) is 72.4 cm³/mol. The number of hydrogen-bond acceptors (Lipinski definition) is 3. The van der Waals surface area contributed by atoms with Crippen molar-refractivity contribution < 1.29 is 9.53 Å². The quantitative estimate of drug-likeness (QED) is 0.620. The number of methoxy groups -OCH3 is 1. The number of nitrogens with one attached hydrogen (secondary N) is 1. The van der Waals surface area contributed by atoms with E-state index in [1.807, 2.05) is 0 Å². The van der Waals surface area contributed by atoms with Gasteiger partial charge in [-0.05, 0) is 25.7 Å². The van der Waals surface area contributed by atoms with Gasteiger partial charge in [-0.2, -0.15) is 0 Å². The van der Waals surface area contributed by atoms with E-state index in [9.17, 15) is 4.79 Å². The first kappa shape index (κ1) is 13.9. The van der Waals surface area contributed by atoms with Crippen LogP contribution in [-0.2, 0) is 9.53 Å². The van der Waals surface area contributed by atoms with E-state index in [1.54, 1.807) is 0 Å². The van der Waals surface area contributed by atoms with E-state index in [0.717, 1.165) is 12.8 Å². The molecule has 2 fully saturated rings. The van der Waals surface area contributed by atoms with Crippen LogP contribution in [0.15, 0.2) is 0 Å². The smallest absolute Gasteiger partial charge is 0.310 e. The molecule has 2 aliphatic carbocycles. The second-order valence-corrected chi connectivity index (χ2v) is 5.88. The zero-order valence-electron chi connectivity index (χ0n) is 11.6. The van der Waals surface area contributed by atoms with Crippen LogP contribution in [0, 0.1) is 5.92 Å². The summed E-state index contributed by atoms with van der Waals surface area (Å²) in [4.78, 5) is 11.9. The van der Waals surface area contributed by atoms with E-state index >= 15 is 0 Å². The zero-order chi connectivity index (χ0) is 12.8. The maximum atomic E-state index is 11.9. The Bertz CT molecular complexity index is 261. The molecule has 0 saturated heterocycles. The first-order chi connectivity index (χ1) is 8.81. The standard InChI is InChI=1S/C15H27NO2/c1-18-15(17)13-10-6-3-7-11-14(13)16-12-8-4-2-5-9-12/h12-14,16H,2-11H2,1H3/t13-,14+/m0/s1. The topological polar surface area (TPSA) is 38.3 Å². The molecule has 3 nitrogen and oxygen atoms in total. The largest absolute Gasteiger partial charge is 0.469 e. The normalized spacial score (nSPS) is 30.7. The van der Waals surface area contributed by atoms with Gasteiger partial charge in [0.2, 0.25) is 0 Å². The van der Waals surface area contributed by atoms with Crippen molar-refractivity contribution in [2.45, 2.75) is 76.3 Å². The van der Waals surface area contributed by atoms with Gasteiger partial charge in [0, 0.05) is 12.1 Å². The highest BCUT2D eigenvalue weighted by molar-refractivity contribution is 5.73. The zero-order valence-corrected chi connectivity index (χ0v) is 11.6. The van der Waals surface area contributed by atoms with Crippen molar-refractivity contribution >= 4 is 5.97 Å². The number of rotatable bonds is 3. The minimum absolute atomic E-state index is 0.00907. The van der Waals surface area contributed by atoms with E-state index in [2.05, 4.69) is 5.32 Å². The summed E-state index contributed by atoms with van der Waals surface area (Å²) in [6.07, 6.45) is 12.4. The third-order valence-electron chi connectivity index (χ3n) is 4.57. The number of esters is 1.